The summed E-state index contributed by atoms with van der Waals surface area (Å²) >= 11 is 21.6. The molecule has 2 aromatic rings. The van der Waals surface area contributed by atoms with Gasteiger partial charge in [0.1, 0.15) is 10.1 Å². The minimum Gasteiger partial charge on any atom is -0.464 e. The van der Waals surface area contributed by atoms with Crippen molar-refractivity contribution in [2.45, 2.75) is 16.8 Å². The maximum atomic E-state index is 6.15. The van der Waals surface area contributed by atoms with Crippen molar-refractivity contribution in [3.63, 3.8) is 0 Å². The first-order valence-electron chi connectivity index (χ1n) is 6.52. The molecule has 23 heavy (non-hydrogen) atoms. The Bertz CT molecular complexity index is 664. The van der Waals surface area contributed by atoms with Gasteiger partial charge in [-0.15, -0.1) is 0 Å². The molecular formula is C16H12Br6O. The molecule has 0 fully saturated rings. The number of benzene rings is 2. The normalized spacial score (nSPS) is 15.1. The van der Waals surface area contributed by atoms with Crippen molar-refractivity contribution >= 4 is 95.6 Å². The fourth-order valence-corrected chi connectivity index (χ4v) is 5.26. The lowest BCUT2D eigenvalue weighted by Crippen LogP contribution is -2.50. The van der Waals surface area contributed by atoms with Gasteiger partial charge >= 0.3 is 0 Å². The molecule has 0 aliphatic rings. The summed E-state index contributed by atoms with van der Waals surface area (Å²) in [6.07, 6.45) is 0. The summed E-state index contributed by atoms with van der Waals surface area (Å²) in [5, 5.41) is 0. The molecule has 2 aromatic carbocycles. The lowest BCUT2D eigenvalue weighted by atomic mass is 10.1. The first kappa shape index (κ1) is 20.4. The Hall–Kier alpha value is 1.12. The molecule has 0 aromatic heterocycles. The molecule has 0 saturated heterocycles. The summed E-state index contributed by atoms with van der Waals surface area (Å²) in [5.41, 5.74) is 2.24. The monoisotopic (exact) mass is 694 g/mol. The number of halogens is 6. The summed E-state index contributed by atoms with van der Waals surface area (Å²) < 4.78 is 4.09. The Morgan fingerprint density at radius 2 is 1.30 bits per heavy atom. The van der Waals surface area contributed by atoms with Gasteiger partial charge in [-0.25, -0.2) is 0 Å². The Balaban J connectivity index is 2.31. The number of alkyl halides is 6. The van der Waals surface area contributed by atoms with Gasteiger partial charge in [0, 0.05) is 0 Å². The average molecular weight is 700 g/mol. The van der Waals surface area contributed by atoms with Crippen LogP contribution in [0.4, 0.5) is 0 Å². The Kier molecular flexibility index (Phi) is 6.92. The van der Waals surface area contributed by atoms with Gasteiger partial charge in [0.2, 0.25) is 3.42 Å². The Labute approximate surface area is 186 Å². The van der Waals surface area contributed by atoms with Gasteiger partial charge in [0.05, 0.1) is 0 Å². The van der Waals surface area contributed by atoms with E-state index < -0.39 is 9.89 Å². The average Bonchev–Trinajstić information content (AvgIpc) is 2.46. The summed E-state index contributed by atoms with van der Waals surface area (Å²) in [5.74, 6) is 0.738. The predicted molar refractivity (Wildman–Crippen MR) is 120 cm³/mol. The van der Waals surface area contributed by atoms with E-state index >= 15 is 0 Å². The van der Waals surface area contributed by atoms with Gasteiger partial charge in [-0.05, 0) is 62.0 Å². The molecule has 0 spiro atoms. The zero-order chi connectivity index (χ0) is 17.3. The van der Waals surface area contributed by atoms with Crippen LogP contribution in [-0.4, -0.2) is 9.89 Å². The Morgan fingerprint density at radius 1 is 0.739 bits per heavy atom. The van der Waals surface area contributed by atoms with Gasteiger partial charge in [-0.3, -0.25) is 0 Å². The highest BCUT2D eigenvalue weighted by molar-refractivity contribution is 9.40. The second-order valence-corrected chi connectivity index (χ2v) is 16.7. The van der Waals surface area contributed by atoms with Gasteiger partial charge in [-0.2, -0.15) is 0 Å². The van der Waals surface area contributed by atoms with E-state index in [0.29, 0.717) is 0 Å². The maximum absolute atomic E-state index is 6.15. The third kappa shape index (κ3) is 4.85. The molecule has 7 heteroatoms. The number of hydrogen-bond acceptors (Lipinski definition) is 1. The maximum Gasteiger partial charge on any atom is 0.235 e. The molecule has 0 saturated carbocycles. The fourth-order valence-electron chi connectivity index (χ4n) is 1.78. The van der Waals surface area contributed by atoms with Crippen LogP contribution >= 0.6 is 95.6 Å². The fraction of sp³-hybridized carbons (Fsp3) is 0.250. The minimum atomic E-state index is -0.876. The van der Waals surface area contributed by atoms with Gasteiger partial charge in [-0.1, -0.05) is 106 Å². The molecule has 124 valence electrons. The smallest absolute Gasteiger partial charge is 0.235 e. The molecular weight excluding hydrogens is 688 g/mol. The van der Waals surface area contributed by atoms with E-state index in [1.807, 2.05) is 43.3 Å². The minimum absolute atomic E-state index is 0.588. The molecule has 1 atom stereocenters. The first-order chi connectivity index (χ1) is 10.5. The van der Waals surface area contributed by atoms with Crippen LogP contribution < -0.4 is 4.74 Å². The van der Waals surface area contributed by atoms with Crippen LogP contribution in [0.25, 0.3) is 11.1 Å². The van der Waals surface area contributed by atoms with Crippen molar-refractivity contribution in [2.24, 2.45) is 0 Å². The van der Waals surface area contributed by atoms with Crippen LogP contribution in [-0.2, 0) is 0 Å². The van der Waals surface area contributed by atoms with Gasteiger partial charge in [0.25, 0.3) is 0 Å². The van der Waals surface area contributed by atoms with Crippen LogP contribution in [0.5, 0.6) is 5.75 Å². The molecule has 0 N–H and O–H groups in total. The molecule has 0 bridgehead atoms. The zero-order valence-corrected chi connectivity index (χ0v) is 21.4. The second kappa shape index (κ2) is 7.78. The third-order valence-corrected chi connectivity index (χ3v) is 11.4. The molecule has 0 aliphatic heterocycles. The molecule has 0 heterocycles. The van der Waals surface area contributed by atoms with Crippen LogP contribution in [0.3, 0.4) is 0 Å². The van der Waals surface area contributed by atoms with Crippen LogP contribution in [0.1, 0.15) is 6.92 Å². The highest BCUT2D eigenvalue weighted by Crippen LogP contribution is 2.59. The molecule has 0 radical (unpaired) electrons. The Morgan fingerprint density at radius 3 is 1.87 bits per heavy atom. The number of hydrogen-bond donors (Lipinski definition) is 0. The van der Waals surface area contributed by atoms with E-state index in [0.717, 1.165) is 16.9 Å². The standard InChI is InChI=1S/C16H12Br6O/c1-14(17,15(18,19)20)16(21,22)23-13-9-5-8-12(10-13)11-6-3-2-4-7-11/h2-10H,1H3. The summed E-state index contributed by atoms with van der Waals surface area (Å²) in [7, 11) is 0. The quantitative estimate of drug-likeness (QED) is 0.293. The van der Waals surface area contributed by atoms with E-state index in [9.17, 15) is 0 Å². The second-order valence-electron chi connectivity index (χ2n) is 5.01. The van der Waals surface area contributed by atoms with E-state index in [1.54, 1.807) is 0 Å². The number of rotatable bonds is 4. The molecule has 2 rings (SSSR count). The van der Waals surface area contributed by atoms with E-state index in [1.165, 1.54) is 0 Å². The molecule has 0 aliphatic carbocycles. The van der Waals surface area contributed by atoms with Crippen molar-refractivity contribution in [3.8, 4) is 16.9 Å². The summed E-state index contributed by atoms with van der Waals surface area (Å²) in [4.78, 5) is 0. The van der Waals surface area contributed by atoms with Crippen molar-refractivity contribution in [3.05, 3.63) is 54.6 Å². The topological polar surface area (TPSA) is 9.23 Å². The SMILES string of the molecule is CC(Br)(C(Br)(Br)Br)C(Br)(Br)Oc1cccc(-c2ccccc2)c1. The van der Waals surface area contributed by atoms with E-state index in [4.69, 9.17) is 4.74 Å². The van der Waals surface area contributed by atoms with Crippen molar-refractivity contribution in [2.75, 3.05) is 0 Å². The third-order valence-electron chi connectivity index (χ3n) is 3.27. The summed E-state index contributed by atoms with van der Waals surface area (Å²) in [6, 6.07) is 18.2. The van der Waals surface area contributed by atoms with Gasteiger partial charge in [0.15, 0.2) is 2.14 Å². The number of ether oxygens (including phenoxy) is 1. The first-order valence-corrected chi connectivity index (χ1v) is 11.3. The van der Waals surface area contributed by atoms with E-state index in [-0.39, 0.29) is 0 Å². The largest absolute Gasteiger partial charge is 0.464 e. The van der Waals surface area contributed by atoms with Crippen molar-refractivity contribution < 1.29 is 4.74 Å². The molecule has 1 unspecified atom stereocenters. The van der Waals surface area contributed by atoms with Gasteiger partial charge < -0.3 is 4.74 Å². The van der Waals surface area contributed by atoms with Crippen LogP contribution in [0.2, 0.25) is 0 Å². The van der Waals surface area contributed by atoms with Crippen LogP contribution in [0.15, 0.2) is 54.6 Å². The molecule has 0 amide bonds. The van der Waals surface area contributed by atoms with E-state index in [2.05, 4.69) is 114 Å². The van der Waals surface area contributed by atoms with Crippen molar-refractivity contribution in [1.29, 1.82) is 0 Å². The summed E-state index contributed by atoms with van der Waals surface area (Å²) in [6.45, 7) is 1.97. The highest BCUT2D eigenvalue weighted by atomic mass is 80.0. The molecule has 1 nitrogen and oxygen atoms in total. The lowest BCUT2D eigenvalue weighted by molar-refractivity contribution is 0.236. The van der Waals surface area contributed by atoms with Crippen molar-refractivity contribution in [1.82, 2.24) is 0 Å². The highest BCUT2D eigenvalue weighted by Gasteiger charge is 2.56. The lowest BCUT2D eigenvalue weighted by Gasteiger charge is -2.41. The predicted octanol–water partition coefficient (Wildman–Crippen LogP) is 8.17. The zero-order valence-electron chi connectivity index (χ0n) is 11.9. The van der Waals surface area contributed by atoms with Crippen LogP contribution in [0, 0.1) is 0 Å².